The minimum Gasteiger partial charge on any atom is -0.396 e. The molecule has 78 valence electrons. The lowest BCUT2D eigenvalue weighted by atomic mass is 9.87. The van der Waals surface area contributed by atoms with E-state index in [0.717, 1.165) is 19.4 Å². The van der Waals surface area contributed by atoms with Crippen molar-refractivity contribution >= 4 is 0 Å². The summed E-state index contributed by atoms with van der Waals surface area (Å²) in [5, 5.41) is 12.5. The summed E-state index contributed by atoms with van der Waals surface area (Å²) in [4.78, 5) is 0. The summed E-state index contributed by atoms with van der Waals surface area (Å²) in [5.41, 5.74) is -0.00183. The molecule has 1 saturated carbocycles. The van der Waals surface area contributed by atoms with E-state index in [0.29, 0.717) is 12.1 Å². The van der Waals surface area contributed by atoms with Gasteiger partial charge < -0.3 is 15.2 Å². The quantitative estimate of drug-likeness (QED) is 0.668. The fourth-order valence-corrected chi connectivity index (χ4v) is 1.40. The molecule has 0 saturated heterocycles. The van der Waals surface area contributed by atoms with Gasteiger partial charge in [0.25, 0.3) is 0 Å². The maximum atomic E-state index is 9.03. The summed E-state index contributed by atoms with van der Waals surface area (Å²) in [6.45, 7) is 5.24. The number of rotatable bonds is 5. The van der Waals surface area contributed by atoms with Gasteiger partial charge in [0.1, 0.15) is 0 Å². The molecule has 1 aliphatic rings. The number of methoxy groups -OCH3 is 1. The lowest BCUT2D eigenvalue weighted by Gasteiger charge is -2.37. The normalized spacial score (nSPS) is 28.6. The van der Waals surface area contributed by atoms with Crippen LogP contribution < -0.4 is 5.32 Å². The Morgan fingerprint density at radius 2 is 2.08 bits per heavy atom. The molecule has 0 bridgehead atoms. The van der Waals surface area contributed by atoms with E-state index in [1.54, 1.807) is 7.11 Å². The molecule has 0 spiro atoms. The van der Waals surface area contributed by atoms with Gasteiger partial charge in [0.15, 0.2) is 0 Å². The summed E-state index contributed by atoms with van der Waals surface area (Å²) in [7, 11) is 1.76. The zero-order valence-electron chi connectivity index (χ0n) is 8.84. The molecule has 0 aliphatic heterocycles. The minimum absolute atomic E-state index is 0.00183. The van der Waals surface area contributed by atoms with Crippen molar-refractivity contribution in [1.29, 1.82) is 0 Å². The van der Waals surface area contributed by atoms with Gasteiger partial charge >= 0.3 is 0 Å². The maximum absolute atomic E-state index is 9.03. The van der Waals surface area contributed by atoms with E-state index in [4.69, 9.17) is 9.84 Å². The Morgan fingerprint density at radius 3 is 2.54 bits per heavy atom. The lowest BCUT2D eigenvalue weighted by molar-refractivity contribution is 0.0131. The Labute approximate surface area is 80.5 Å². The summed E-state index contributed by atoms with van der Waals surface area (Å²) in [5.74, 6) is 0. The zero-order valence-corrected chi connectivity index (χ0v) is 8.84. The first-order valence-corrected chi connectivity index (χ1v) is 4.94. The number of hydrogen-bond donors (Lipinski definition) is 2. The second kappa shape index (κ2) is 4.40. The molecule has 0 aromatic carbocycles. The van der Waals surface area contributed by atoms with Gasteiger partial charge in [0.05, 0.1) is 6.10 Å². The Morgan fingerprint density at radius 1 is 1.46 bits per heavy atom. The topological polar surface area (TPSA) is 41.5 Å². The van der Waals surface area contributed by atoms with Gasteiger partial charge in [0.2, 0.25) is 0 Å². The Hall–Kier alpha value is -0.120. The molecule has 13 heavy (non-hydrogen) atoms. The van der Waals surface area contributed by atoms with Crippen LogP contribution in [0.5, 0.6) is 0 Å². The van der Waals surface area contributed by atoms with Crippen LogP contribution in [0.25, 0.3) is 0 Å². The molecule has 0 atom stereocenters. The van der Waals surface area contributed by atoms with Crippen LogP contribution in [0.2, 0.25) is 0 Å². The number of hydrogen-bond acceptors (Lipinski definition) is 3. The van der Waals surface area contributed by atoms with E-state index in [1.165, 1.54) is 0 Å². The smallest absolute Gasteiger partial charge is 0.0601 e. The van der Waals surface area contributed by atoms with Crippen molar-refractivity contribution in [1.82, 2.24) is 5.32 Å². The first kappa shape index (κ1) is 11.0. The molecular weight excluding hydrogens is 166 g/mol. The van der Waals surface area contributed by atoms with E-state index in [1.807, 2.05) is 0 Å². The predicted molar refractivity (Wildman–Crippen MR) is 52.7 cm³/mol. The molecule has 0 unspecified atom stereocenters. The standard InChI is InChI=1S/C10H21NO2/c1-10(2,7-12)6-11-8-4-9(5-8)13-3/h8-9,11-12H,4-7H2,1-3H3. The fourth-order valence-electron chi connectivity index (χ4n) is 1.40. The van der Waals surface area contributed by atoms with E-state index >= 15 is 0 Å². The summed E-state index contributed by atoms with van der Waals surface area (Å²) < 4.78 is 5.19. The van der Waals surface area contributed by atoms with Gasteiger partial charge in [0, 0.05) is 31.7 Å². The molecule has 3 heteroatoms. The molecule has 1 rings (SSSR count). The van der Waals surface area contributed by atoms with Gasteiger partial charge in [-0.15, -0.1) is 0 Å². The molecular formula is C10H21NO2. The van der Waals surface area contributed by atoms with Crippen LogP contribution >= 0.6 is 0 Å². The highest BCUT2D eigenvalue weighted by Gasteiger charge is 2.29. The van der Waals surface area contributed by atoms with Crippen LogP contribution in [0.15, 0.2) is 0 Å². The third kappa shape index (κ3) is 3.25. The fraction of sp³-hybridized carbons (Fsp3) is 1.00. The first-order chi connectivity index (χ1) is 6.07. The van der Waals surface area contributed by atoms with Crippen LogP contribution in [0, 0.1) is 5.41 Å². The zero-order chi connectivity index (χ0) is 9.90. The van der Waals surface area contributed by atoms with E-state index < -0.39 is 0 Å². The van der Waals surface area contributed by atoms with Crippen molar-refractivity contribution in [2.45, 2.75) is 38.8 Å². The van der Waals surface area contributed by atoms with Crippen molar-refractivity contribution in [3.8, 4) is 0 Å². The molecule has 0 heterocycles. The molecule has 0 radical (unpaired) electrons. The van der Waals surface area contributed by atoms with Crippen LogP contribution in [0.4, 0.5) is 0 Å². The third-order valence-electron chi connectivity index (χ3n) is 2.73. The molecule has 0 aromatic heterocycles. The van der Waals surface area contributed by atoms with Crippen molar-refractivity contribution in [3.05, 3.63) is 0 Å². The molecule has 0 aromatic rings. The van der Waals surface area contributed by atoms with Crippen molar-refractivity contribution in [2.75, 3.05) is 20.3 Å². The number of aliphatic hydroxyl groups excluding tert-OH is 1. The molecule has 3 nitrogen and oxygen atoms in total. The predicted octanol–water partition coefficient (Wildman–Crippen LogP) is 0.772. The average molecular weight is 187 g/mol. The van der Waals surface area contributed by atoms with Crippen LogP contribution in [-0.2, 0) is 4.74 Å². The van der Waals surface area contributed by atoms with Gasteiger partial charge in [-0.05, 0) is 12.8 Å². The highest BCUT2D eigenvalue weighted by Crippen LogP contribution is 2.23. The van der Waals surface area contributed by atoms with Crippen LogP contribution in [0.3, 0.4) is 0 Å². The molecule has 1 fully saturated rings. The van der Waals surface area contributed by atoms with Gasteiger partial charge in [-0.1, -0.05) is 13.8 Å². The molecule has 2 N–H and O–H groups in total. The molecule has 0 amide bonds. The van der Waals surface area contributed by atoms with Gasteiger partial charge in [-0.25, -0.2) is 0 Å². The van der Waals surface area contributed by atoms with Crippen LogP contribution in [-0.4, -0.2) is 37.5 Å². The highest BCUT2D eigenvalue weighted by molar-refractivity contribution is 4.87. The summed E-state index contributed by atoms with van der Waals surface area (Å²) in [6.07, 6.45) is 2.67. The average Bonchev–Trinajstić information content (AvgIpc) is 2.02. The van der Waals surface area contributed by atoms with E-state index in [2.05, 4.69) is 19.2 Å². The maximum Gasteiger partial charge on any atom is 0.0601 e. The number of nitrogens with one attached hydrogen (secondary N) is 1. The van der Waals surface area contributed by atoms with Gasteiger partial charge in [-0.3, -0.25) is 0 Å². The number of aliphatic hydroxyl groups is 1. The largest absolute Gasteiger partial charge is 0.396 e. The Balaban J connectivity index is 2.08. The Bertz CT molecular complexity index is 153. The van der Waals surface area contributed by atoms with Crippen LogP contribution in [0.1, 0.15) is 26.7 Å². The second-order valence-electron chi connectivity index (χ2n) is 4.73. The SMILES string of the molecule is COC1CC(NCC(C)(C)CO)C1. The highest BCUT2D eigenvalue weighted by atomic mass is 16.5. The summed E-state index contributed by atoms with van der Waals surface area (Å²) in [6, 6.07) is 0.593. The molecule has 1 aliphatic carbocycles. The third-order valence-corrected chi connectivity index (χ3v) is 2.73. The van der Waals surface area contributed by atoms with E-state index in [-0.39, 0.29) is 12.0 Å². The minimum atomic E-state index is -0.00183. The van der Waals surface area contributed by atoms with Gasteiger partial charge in [-0.2, -0.15) is 0 Å². The van der Waals surface area contributed by atoms with Crippen molar-refractivity contribution < 1.29 is 9.84 Å². The lowest BCUT2D eigenvalue weighted by Crippen LogP contribution is -2.48. The summed E-state index contributed by atoms with van der Waals surface area (Å²) >= 11 is 0. The van der Waals surface area contributed by atoms with Crippen molar-refractivity contribution in [2.24, 2.45) is 5.41 Å². The number of ether oxygens (including phenoxy) is 1. The van der Waals surface area contributed by atoms with Crippen molar-refractivity contribution in [3.63, 3.8) is 0 Å². The Kier molecular flexibility index (Phi) is 3.71. The van der Waals surface area contributed by atoms with E-state index in [9.17, 15) is 0 Å². The second-order valence-corrected chi connectivity index (χ2v) is 4.73. The first-order valence-electron chi connectivity index (χ1n) is 4.94. The monoisotopic (exact) mass is 187 g/mol.